The first-order chi connectivity index (χ1) is 11.9. The smallest absolute Gasteiger partial charge is 0.228 e. The maximum absolute atomic E-state index is 13.8. The van der Waals surface area contributed by atoms with Gasteiger partial charge in [-0.05, 0) is 36.8 Å². The summed E-state index contributed by atoms with van der Waals surface area (Å²) in [6, 6.07) is 11.5. The normalized spacial score (nSPS) is 10.4. The highest BCUT2D eigenvalue weighted by atomic mass is 35.5. The largest absolute Gasteiger partial charge is 0.339 e. The van der Waals surface area contributed by atoms with E-state index in [9.17, 15) is 14.0 Å². The van der Waals surface area contributed by atoms with Crippen LogP contribution in [-0.2, 0) is 22.6 Å². The average molecular weight is 363 g/mol. The number of amides is 2. The quantitative estimate of drug-likeness (QED) is 0.843. The predicted molar refractivity (Wildman–Crippen MR) is 97.0 cm³/mol. The van der Waals surface area contributed by atoms with Crippen molar-refractivity contribution in [2.24, 2.45) is 0 Å². The third kappa shape index (κ3) is 5.29. The molecule has 6 heteroatoms. The van der Waals surface area contributed by atoms with Crippen LogP contribution in [0.4, 0.5) is 10.1 Å². The molecule has 1 N–H and O–H groups in total. The first kappa shape index (κ1) is 18.9. The Kier molecular flexibility index (Phi) is 6.53. The van der Waals surface area contributed by atoms with Gasteiger partial charge >= 0.3 is 0 Å². The number of nitrogens with one attached hydrogen (secondary N) is 1. The Bertz CT molecular complexity index is 760. The lowest BCUT2D eigenvalue weighted by Gasteiger charge is -2.19. The van der Waals surface area contributed by atoms with E-state index in [1.54, 1.807) is 29.2 Å². The van der Waals surface area contributed by atoms with Crippen LogP contribution >= 0.6 is 11.6 Å². The molecule has 2 aromatic carbocycles. The Balaban J connectivity index is 2.06. The van der Waals surface area contributed by atoms with Crippen molar-refractivity contribution in [1.82, 2.24) is 4.90 Å². The predicted octanol–water partition coefficient (Wildman–Crippen LogP) is 4.03. The minimum atomic E-state index is -0.503. The fourth-order valence-electron chi connectivity index (χ4n) is 2.48. The molecule has 0 atom stereocenters. The van der Waals surface area contributed by atoms with Gasteiger partial charge < -0.3 is 10.2 Å². The van der Waals surface area contributed by atoms with Crippen molar-refractivity contribution in [1.29, 1.82) is 0 Å². The van der Waals surface area contributed by atoms with Crippen LogP contribution in [0.2, 0.25) is 5.02 Å². The molecule has 0 radical (unpaired) electrons. The summed E-state index contributed by atoms with van der Waals surface area (Å²) in [6.07, 6.45) is -0.149. The number of rotatable bonds is 6. The summed E-state index contributed by atoms with van der Waals surface area (Å²) in [5.74, 6) is -0.870. The topological polar surface area (TPSA) is 49.4 Å². The average Bonchev–Trinajstić information content (AvgIpc) is 2.56. The highest BCUT2D eigenvalue weighted by molar-refractivity contribution is 6.31. The van der Waals surface area contributed by atoms with Crippen molar-refractivity contribution in [2.45, 2.75) is 26.8 Å². The summed E-state index contributed by atoms with van der Waals surface area (Å²) in [6.45, 7) is 4.50. The third-order valence-electron chi connectivity index (χ3n) is 3.81. The van der Waals surface area contributed by atoms with Gasteiger partial charge in [-0.3, -0.25) is 9.59 Å². The van der Waals surface area contributed by atoms with Gasteiger partial charge in [-0.1, -0.05) is 29.8 Å². The van der Waals surface area contributed by atoms with E-state index in [1.165, 1.54) is 19.1 Å². The minimum Gasteiger partial charge on any atom is -0.339 e. The molecule has 132 valence electrons. The van der Waals surface area contributed by atoms with Crippen LogP contribution in [0.5, 0.6) is 0 Å². The van der Waals surface area contributed by atoms with Crippen molar-refractivity contribution in [3.63, 3.8) is 0 Å². The van der Waals surface area contributed by atoms with Crippen molar-refractivity contribution >= 4 is 29.1 Å². The SMILES string of the molecule is CCN(Cc1cccc(NC(=O)Cc2c(F)cccc2Cl)c1)C(C)=O. The van der Waals surface area contributed by atoms with E-state index < -0.39 is 5.82 Å². The summed E-state index contributed by atoms with van der Waals surface area (Å²) < 4.78 is 13.8. The summed E-state index contributed by atoms with van der Waals surface area (Å²) in [4.78, 5) is 25.4. The third-order valence-corrected chi connectivity index (χ3v) is 4.16. The number of carbonyl (C=O) groups excluding carboxylic acids is 2. The lowest BCUT2D eigenvalue weighted by Crippen LogP contribution is -2.27. The van der Waals surface area contributed by atoms with Gasteiger partial charge in [-0.15, -0.1) is 0 Å². The first-order valence-electron chi connectivity index (χ1n) is 7.98. The number of anilines is 1. The molecule has 0 saturated carbocycles. The van der Waals surface area contributed by atoms with Gasteiger partial charge in [0.15, 0.2) is 0 Å². The maximum Gasteiger partial charge on any atom is 0.228 e. The molecule has 0 unspecified atom stereocenters. The molecule has 2 rings (SSSR count). The molecule has 0 spiro atoms. The molecule has 0 saturated heterocycles. The Morgan fingerprint density at radius 3 is 2.56 bits per heavy atom. The Morgan fingerprint density at radius 1 is 1.20 bits per heavy atom. The second-order valence-corrected chi connectivity index (χ2v) is 6.07. The Labute approximate surface area is 151 Å². The summed E-state index contributed by atoms with van der Waals surface area (Å²) in [7, 11) is 0. The lowest BCUT2D eigenvalue weighted by atomic mass is 10.1. The van der Waals surface area contributed by atoms with E-state index in [4.69, 9.17) is 11.6 Å². The van der Waals surface area contributed by atoms with Crippen LogP contribution in [0.15, 0.2) is 42.5 Å². The maximum atomic E-state index is 13.8. The standard InChI is InChI=1S/C19H20ClFN2O2/c1-3-23(13(2)24)12-14-6-4-7-15(10-14)22-19(25)11-16-17(20)8-5-9-18(16)21/h4-10H,3,11-12H2,1-2H3,(H,22,25). The summed E-state index contributed by atoms with van der Waals surface area (Å²) in [5.41, 5.74) is 1.67. The van der Waals surface area contributed by atoms with Crippen molar-refractivity contribution < 1.29 is 14.0 Å². The zero-order valence-electron chi connectivity index (χ0n) is 14.2. The molecular formula is C19H20ClFN2O2. The van der Waals surface area contributed by atoms with Crippen LogP contribution in [-0.4, -0.2) is 23.3 Å². The minimum absolute atomic E-state index is 0.00821. The highest BCUT2D eigenvalue weighted by Crippen LogP contribution is 2.20. The Hall–Kier alpha value is -2.40. The van der Waals surface area contributed by atoms with Gasteiger partial charge in [-0.25, -0.2) is 4.39 Å². The zero-order chi connectivity index (χ0) is 18.4. The van der Waals surface area contributed by atoms with Gasteiger partial charge in [0.05, 0.1) is 6.42 Å². The van der Waals surface area contributed by atoms with Gasteiger partial charge in [0, 0.05) is 36.3 Å². The van der Waals surface area contributed by atoms with Crippen molar-refractivity contribution in [3.8, 4) is 0 Å². The van der Waals surface area contributed by atoms with Crippen LogP contribution in [0.3, 0.4) is 0 Å². The van der Waals surface area contributed by atoms with Crippen molar-refractivity contribution in [3.05, 3.63) is 64.4 Å². The van der Waals surface area contributed by atoms with Crippen molar-refractivity contribution in [2.75, 3.05) is 11.9 Å². The second-order valence-electron chi connectivity index (χ2n) is 5.66. The number of halogens is 2. The van der Waals surface area contributed by atoms with E-state index in [0.717, 1.165) is 5.56 Å². The fraction of sp³-hybridized carbons (Fsp3) is 0.263. The van der Waals surface area contributed by atoms with Crippen LogP contribution in [0, 0.1) is 5.82 Å². The van der Waals surface area contributed by atoms with E-state index in [1.807, 2.05) is 13.0 Å². The molecule has 0 fully saturated rings. The van der Waals surface area contributed by atoms with Gasteiger partial charge in [0.1, 0.15) is 5.82 Å². The molecule has 4 nitrogen and oxygen atoms in total. The Morgan fingerprint density at radius 2 is 1.92 bits per heavy atom. The van der Waals surface area contributed by atoms with Gasteiger partial charge in [0.25, 0.3) is 0 Å². The molecule has 2 aromatic rings. The van der Waals surface area contributed by atoms with E-state index in [-0.39, 0.29) is 28.8 Å². The first-order valence-corrected chi connectivity index (χ1v) is 8.35. The van der Waals surface area contributed by atoms with E-state index in [2.05, 4.69) is 5.32 Å². The number of hydrogen-bond donors (Lipinski definition) is 1. The molecule has 0 aliphatic rings. The van der Waals surface area contributed by atoms with Gasteiger partial charge in [0.2, 0.25) is 11.8 Å². The number of nitrogens with zero attached hydrogens (tertiary/aromatic N) is 1. The molecule has 25 heavy (non-hydrogen) atoms. The monoisotopic (exact) mass is 362 g/mol. The molecule has 0 aliphatic heterocycles. The molecule has 2 amide bonds. The zero-order valence-corrected chi connectivity index (χ0v) is 14.9. The number of carbonyl (C=O) groups is 2. The summed E-state index contributed by atoms with van der Waals surface area (Å²) in [5, 5.41) is 2.96. The molecule has 0 aliphatic carbocycles. The molecule has 0 heterocycles. The highest BCUT2D eigenvalue weighted by Gasteiger charge is 2.13. The van der Waals surface area contributed by atoms with Gasteiger partial charge in [-0.2, -0.15) is 0 Å². The number of hydrogen-bond acceptors (Lipinski definition) is 2. The lowest BCUT2D eigenvalue weighted by molar-refractivity contribution is -0.129. The second kappa shape index (κ2) is 8.62. The molecule has 0 aromatic heterocycles. The molecular weight excluding hydrogens is 343 g/mol. The molecule has 0 bridgehead atoms. The van der Waals surface area contributed by atoms with E-state index in [0.29, 0.717) is 18.8 Å². The number of benzene rings is 2. The van der Waals surface area contributed by atoms with Crippen LogP contribution < -0.4 is 5.32 Å². The van der Waals surface area contributed by atoms with Crippen LogP contribution in [0.25, 0.3) is 0 Å². The fourth-order valence-corrected chi connectivity index (χ4v) is 2.71. The summed E-state index contributed by atoms with van der Waals surface area (Å²) >= 11 is 5.95. The van der Waals surface area contributed by atoms with Crippen LogP contribution in [0.1, 0.15) is 25.0 Å². The van der Waals surface area contributed by atoms with E-state index >= 15 is 0 Å².